The third-order valence-electron chi connectivity index (χ3n) is 3.55. The summed E-state index contributed by atoms with van der Waals surface area (Å²) in [6.07, 6.45) is 10.8. The van der Waals surface area contributed by atoms with Crippen LogP contribution in [-0.2, 0) is 0 Å². The van der Waals surface area contributed by atoms with Crippen LogP contribution in [0, 0.1) is 0 Å². The van der Waals surface area contributed by atoms with Crippen LogP contribution in [0.4, 0.5) is 0 Å². The van der Waals surface area contributed by atoms with E-state index in [4.69, 9.17) is 0 Å². The van der Waals surface area contributed by atoms with Crippen LogP contribution in [-0.4, -0.2) is 9.97 Å². The van der Waals surface area contributed by atoms with Crippen molar-refractivity contribution < 1.29 is 0 Å². The Hall–Kier alpha value is -1.70. The lowest BCUT2D eigenvalue weighted by Gasteiger charge is -2.11. The van der Waals surface area contributed by atoms with Gasteiger partial charge in [0.2, 0.25) is 0 Å². The van der Waals surface area contributed by atoms with E-state index in [1.807, 2.05) is 24.5 Å². The lowest BCUT2D eigenvalue weighted by atomic mass is 9.96. The highest BCUT2D eigenvalue weighted by Crippen LogP contribution is 2.23. The summed E-state index contributed by atoms with van der Waals surface area (Å²) in [5.74, 6) is 0.599. The van der Waals surface area contributed by atoms with Crippen molar-refractivity contribution >= 4 is 0 Å². The standard InChI is InChI=1S/C17H22N2/c1-3-4-5-7-14(2)15-9-10-17(19-13-15)16-8-6-11-18-12-16/h6,8-14H,3-5,7H2,1-2H3. The second-order valence-electron chi connectivity index (χ2n) is 5.12. The molecule has 0 amide bonds. The molecule has 0 saturated carbocycles. The molecule has 0 aromatic carbocycles. The van der Waals surface area contributed by atoms with Gasteiger partial charge in [0.25, 0.3) is 0 Å². The molecule has 2 heteroatoms. The van der Waals surface area contributed by atoms with Gasteiger partial charge in [0.1, 0.15) is 0 Å². The Bertz CT molecular complexity index is 476. The van der Waals surface area contributed by atoms with Crippen molar-refractivity contribution in [2.75, 3.05) is 0 Å². The second kappa shape index (κ2) is 7.03. The van der Waals surface area contributed by atoms with Crippen molar-refractivity contribution in [3.63, 3.8) is 0 Å². The molecule has 1 unspecified atom stereocenters. The fraction of sp³-hybridized carbons (Fsp3) is 0.412. The molecule has 1 atom stereocenters. The van der Waals surface area contributed by atoms with Gasteiger partial charge in [-0.25, -0.2) is 0 Å². The van der Waals surface area contributed by atoms with Crippen LogP contribution < -0.4 is 0 Å². The molecule has 2 aromatic rings. The molecule has 2 aromatic heterocycles. The first-order chi connectivity index (χ1) is 9.31. The van der Waals surface area contributed by atoms with Crippen molar-refractivity contribution in [2.24, 2.45) is 0 Å². The topological polar surface area (TPSA) is 25.8 Å². The van der Waals surface area contributed by atoms with Crippen LogP contribution in [0.2, 0.25) is 0 Å². The van der Waals surface area contributed by atoms with Crippen LogP contribution in [0.25, 0.3) is 11.3 Å². The largest absolute Gasteiger partial charge is 0.264 e. The molecular weight excluding hydrogens is 232 g/mol. The van der Waals surface area contributed by atoms with Crippen LogP contribution >= 0.6 is 0 Å². The highest BCUT2D eigenvalue weighted by molar-refractivity contribution is 5.57. The number of aromatic nitrogens is 2. The first-order valence-electron chi connectivity index (χ1n) is 7.17. The van der Waals surface area contributed by atoms with Gasteiger partial charge in [-0.2, -0.15) is 0 Å². The monoisotopic (exact) mass is 254 g/mol. The zero-order chi connectivity index (χ0) is 13.5. The molecule has 0 aliphatic heterocycles. The van der Waals surface area contributed by atoms with Gasteiger partial charge in [-0.05, 0) is 36.1 Å². The zero-order valence-electron chi connectivity index (χ0n) is 11.8. The van der Waals surface area contributed by atoms with Gasteiger partial charge >= 0.3 is 0 Å². The molecule has 0 aliphatic carbocycles. The second-order valence-corrected chi connectivity index (χ2v) is 5.12. The normalized spacial score (nSPS) is 12.3. The van der Waals surface area contributed by atoms with E-state index in [0.29, 0.717) is 5.92 Å². The Morgan fingerprint density at radius 2 is 2.00 bits per heavy atom. The van der Waals surface area contributed by atoms with Gasteiger partial charge in [0, 0.05) is 24.2 Å². The van der Waals surface area contributed by atoms with E-state index in [-0.39, 0.29) is 0 Å². The quantitative estimate of drug-likeness (QED) is 0.690. The first kappa shape index (κ1) is 13.7. The number of unbranched alkanes of at least 4 members (excludes halogenated alkanes) is 2. The summed E-state index contributed by atoms with van der Waals surface area (Å²) in [7, 11) is 0. The number of hydrogen-bond donors (Lipinski definition) is 0. The first-order valence-corrected chi connectivity index (χ1v) is 7.17. The molecule has 0 bridgehead atoms. The highest BCUT2D eigenvalue weighted by Gasteiger charge is 2.06. The minimum atomic E-state index is 0.599. The van der Waals surface area contributed by atoms with Gasteiger partial charge in [-0.1, -0.05) is 39.2 Å². The summed E-state index contributed by atoms with van der Waals surface area (Å²) in [6.45, 7) is 4.53. The Morgan fingerprint density at radius 3 is 2.63 bits per heavy atom. The van der Waals surface area contributed by atoms with E-state index in [9.17, 15) is 0 Å². The molecule has 2 rings (SSSR count). The Labute approximate surface area is 115 Å². The number of nitrogens with zero attached hydrogens (tertiary/aromatic N) is 2. The van der Waals surface area contributed by atoms with E-state index in [1.165, 1.54) is 31.2 Å². The molecule has 0 saturated heterocycles. The highest BCUT2D eigenvalue weighted by atomic mass is 14.7. The molecule has 0 fully saturated rings. The molecule has 0 aliphatic rings. The van der Waals surface area contributed by atoms with E-state index in [1.54, 1.807) is 6.20 Å². The molecule has 0 N–H and O–H groups in total. The van der Waals surface area contributed by atoms with Gasteiger partial charge in [-0.15, -0.1) is 0 Å². The zero-order valence-corrected chi connectivity index (χ0v) is 11.8. The fourth-order valence-electron chi connectivity index (χ4n) is 2.25. The summed E-state index contributed by atoms with van der Waals surface area (Å²) in [6, 6.07) is 8.28. The van der Waals surface area contributed by atoms with Crippen molar-refractivity contribution in [2.45, 2.75) is 45.4 Å². The maximum atomic E-state index is 4.56. The maximum absolute atomic E-state index is 4.56. The minimum absolute atomic E-state index is 0.599. The van der Waals surface area contributed by atoms with E-state index >= 15 is 0 Å². The van der Waals surface area contributed by atoms with Gasteiger partial charge < -0.3 is 0 Å². The number of pyridine rings is 2. The van der Waals surface area contributed by atoms with Gasteiger partial charge in [0.05, 0.1) is 5.69 Å². The third-order valence-corrected chi connectivity index (χ3v) is 3.55. The molecule has 0 spiro atoms. The molecular formula is C17H22N2. The van der Waals surface area contributed by atoms with Crippen LogP contribution in [0.5, 0.6) is 0 Å². The Morgan fingerprint density at radius 1 is 1.11 bits per heavy atom. The molecule has 2 nitrogen and oxygen atoms in total. The van der Waals surface area contributed by atoms with Gasteiger partial charge in [-0.3, -0.25) is 9.97 Å². The predicted molar refractivity (Wildman–Crippen MR) is 80.0 cm³/mol. The van der Waals surface area contributed by atoms with E-state index < -0.39 is 0 Å². The van der Waals surface area contributed by atoms with Crippen LogP contribution in [0.15, 0.2) is 42.9 Å². The molecule has 2 heterocycles. The summed E-state index contributed by atoms with van der Waals surface area (Å²) in [5, 5.41) is 0. The van der Waals surface area contributed by atoms with Crippen molar-refractivity contribution in [3.8, 4) is 11.3 Å². The SMILES string of the molecule is CCCCCC(C)c1ccc(-c2cccnc2)nc1. The lowest BCUT2D eigenvalue weighted by molar-refractivity contribution is 0.597. The summed E-state index contributed by atoms with van der Waals surface area (Å²) >= 11 is 0. The maximum Gasteiger partial charge on any atom is 0.0717 e. The molecule has 19 heavy (non-hydrogen) atoms. The van der Waals surface area contributed by atoms with Gasteiger partial charge in [0.15, 0.2) is 0 Å². The van der Waals surface area contributed by atoms with Crippen molar-refractivity contribution in [1.29, 1.82) is 0 Å². The molecule has 0 radical (unpaired) electrons. The van der Waals surface area contributed by atoms with E-state index in [0.717, 1.165) is 11.3 Å². The summed E-state index contributed by atoms with van der Waals surface area (Å²) in [4.78, 5) is 8.69. The summed E-state index contributed by atoms with van der Waals surface area (Å²) in [5.41, 5.74) is 3.41. The lowest BCUT2D eigenvalue weighted by Crippen LogP contribution is -1.95. The average molecular weight is 254 g/mol. The van der Waals surface area contributed by atoms with E-state index in [2.05, 4.69) is 35.9 Å². The Balaban J connectivity index is 2.02. The smallest absolute Gasteiger partial charge is 0.0717 e. The Kier molecular flexibility index (Phi) is 5.08. The molecule has 100 valence electrons. The fourth-order valence-corrected chi connectivity index (χ4v) is 2.25. The van der Waals surface area contributed by atoms with Crippen molar-refractivity contribution in [3.05, 3.63) is 48.4 Å². The van der Waals surface area contributed by atoms with Crippen LogP contribution in [0.3, 0.4) is 0 Å². The van der Waals surface area contributed by atoms with Crippen LogP contribution in [0.1, 0.15) is 51.0 Å². The predicted octanol–water partition coefficient (Wildman–Crippen LogP) is 4.83. The summed E-state index contributed by atoms with van der Waals surface area (Å²) < 4.78 is 0. The third kappa shape index (κ3) is 3.88. The van der Waals surface area contributed by atoms with Crippen molar-refractivity contribution in [1.82, 2.24) is 9.97 Å². The number of hydrogen-bond acceptors (Lipinski definition) is 2. The number of rotatable bonds is 6. The minimum Gasteiger partial charge on any atom is -0.264 e. The average Bonchev–Trinajstić information content (AvgIpc) is 2.48.